The van der Waals surface area contributed by atoms with Gasteiger partial charge in [-0.3, -0.25) is 9.69 Å². The summed E-state index contributed by atoms with van der Waals surface area (Å²) in [6, 6.07) is 0.435. The molecule has 0 spiro atoms. The van der Waals surface area contributed by atoms with Crippen molar-refractivity contribution in [2.24, 2.45) is 7.05 Å². The van der Waals surface area contributed by atoms with E-state index in [9.17, 15) is 4.79 Å². The van der Waals surface area contributed by atoms with E-state index in [1.54, 1.807) is 0 Å². The summed E-state index contributed by atoms with van der Waals surface area (Å²) in [5, 5.41) is 8.82. The first-order valence-electron chi connectivity index (χ1n) is 7.09. The number of hydrogen-bond donors (Lipinski definition) is 1. The van der Waals surface area contributed by atoms with Crippen molar-refractivity contribution < 1.29 is 9.90 Å². The second-order valence-electron chi connectivity index (χ2n) is 5.32. The second kappa shape index (κ2) is 6.70. The minimum Gasteiger partial charge on any atom is -0.481 e. The second-order valence-corrected chi connectivity index (χ2v) is 5.32. The fourth-order valence-corrected chi connectivity index (χ4v) is 2.85. The lowest BCUT2D eigenvalue weighted by atomic mass is 9.97. The molecular formula is C14H23N3O2. The number of rotatable bonds is 6. The van der Waals surface area contributed by atoms with Gasteiger partial charge in [-0.2, -0.15) is 0 Å². The Morgan fingerprint density at radius 3 is 3.05 bits per heavy atom. The van der Waals surface area contributed by atoms with Crippen LogP contribution in [0.3, 0.4) is 0 Å². The average Bonchev–Trinajstić information content (AvgIpc) is 2.80. The molecule has 1 aromatic heterocycles. The molecule has 0 aromatic carbocycles. The summed E-state index contributed by atoms with van der Waals surface area (Å²) in [6.07, 6.45) is 9.37. The van der Waals surface area contributed by atoms with Crippen LogP contribution in [0.2, 0.25) is 0 Å². The number of imidazole rings is 1. The Labute approximate surface area is 114 Å². The van der Waals surface area contributed by atoms with Crippen LogP contribution in [-0.4, -0.2) is 44.7 Å². The first-order chi connectivity index (χ1) is 9.16. The van der Waals surface area contributed by atoms with Crippen molar-refractivity contribution in [3.63, 3.8) is 0 Å². The molecule has 1 fully saturated rings. The zero-order valence-electron chi connectivity index (χ0n) is 11.6. The van der Waals surface area contributed by atoms with Crippen molar-refractivity contribution in [1.82, 2.24) is 14.5 Å². The number of aliphatic carboxylic acids is 1. The molecule has 1 aliphatic rings. The molecule has 1 unspecified atom stereocenters. The van der Waals surface area contributed by atoms with Crippen LogP contribution >= 0.6 is 0 Å². The predicted octanol–water partition coefficient (Wildman–Crippen LogP) is 1.68. The number of nitrogens with zero attached hydrogens (tertiary/aromatic N) is 3. The van der Waals surface area contributed by atoms with Crippen LogP contribution in [0.25, 0.3) is 0 Å². The average molecular weight is 265 g/mol. The minimum atomic E-state index is -0.686. The minimum absolute atomic E-state index is 0.281. The molecule has 0 bridgehead atoms. The summed E-state index contributed by atoms with van der Waals surface area (Å²) in [6.45, 7) is 2.07. The van der Waals surface area contributed by atoms with Gasteiger partial charge in [0, 0.05) is 44.9 Å². The van der Waals surface area contributed by atoms with Gasteiger partial charge >= 0.3 is 5.97 Å². The molecule has 1 N–H and O–H groups in total. The molecule has 2 rings (SSSR count). The smallest absolute Gasteiger partial charge is 0.303 e. The van der Waals surface area contributed by atoms with Gasteiger partial charge in [0.1, 0.15) is 5.82 Å². The van der Waals surface area contributed by atoms with Crippen LogP contribution < -0.4 is 0 Å². The van der Waals surface area contributed by atoms with E-state index in [2.05, 4.69) is 14.5 Å². The van der Waals surface area contributed by atoms with E-state index in [1.807, 2.05) is 19.4 Å². The van der Waals surface area contributed by atoms with Gasteiger partial charge < -0.3 is 9.67 Å². The van der Waals surface area contributed by atoms with Gasteiger partial charge in [0.15, 0.2) is 0 Å². The van der Waals surface area contributed by atoms with Crippen molar-refractivity contribution in [2.45, 2.75) is 44.6 Å². The fraction of sp³-hybridized carbons (Fsp3) is 0.714. The Bertz CT molecular complexity index is 417. The van der Waals surface area contributed by atoms with Crippen molar-refractivity contribution in [1.29, 1.82) is 0 Å². The molecule has 0 radical (unpaired) electrons. The lowest BCUT2D eigenvalue weighted by Crippen LogP contribution is -2.41. The Balaban J connectivity index is 1.85. The molecule has 19 heavy (non-hydrogen) atoms. The summed E-state index contributed by atoms with van der Waals surface area (Å²) < 4.78 is 2.05. The standard InChI is InChI=1S/C14H23N3O2/c1-16-11-8-15-13(16)7-10-17-9-3-2-4-12(17)5-6-14(18)19/h8,11-12H,2-7,9-10H2,1H3,(H,18,19). The molecule has 2 heterocycles. The van der Waals surface area contributed by atoms with Crippen molar-refractivity contribution in [3.8, 4) is 0 Å². The molecule has 1 atom stereocenters. The third-order valence-electron chi connectivity index (χ3n) is 3.98. The normalized spacial score (nSPS) is 20.6. The van der Waals surface area contributed by atoms with Crippen LogP contribution in [0, 0.1) is 0 Å². The molecule has 0 amide bonds. The van der Waals surface area contributed by atoms with Crippen LogP contribution in [0.1, 0.15) is 37.9 Å². The van der Waals surface area contributed by atoms with Gasteiger partial charge in [-0.25, -0.2) is 4.98 Å². The summed E-state index contributed by atoms with van der Waals surface area (Å²) >= 11 is 0. The number of likely N-dealkylation sites (tertiary alicyclic amines) is 1. The largest absolute Gasteiger partial charge is 0.481 e. The lowest BCUT2D eigenvalue weighted by molar-refractivity contribution is -0.137. The maximum Gasteiger partial charge on any atom is 0.303 e. The number of carboxylic acids is 1. The van der Waals surface area contributed by atoms with Crippen LogP contribution in [-0.2, 0) is 18.3 Å². The van der Waals surface area contributed by atoms with Crippen LogP contribution in [0.4, 0.5) is 0 Å². The first kappa shape index (κ1) is 14.1. The molecule has 1 saturated heterocycles. The molecule has 1 aromatic rings. The quantitative estimate of drug-likeness (QED) is 0.850. The maximum atomic E-state index is 10.7. The molecular weight excluding hydrogens is 242 g/mol. The van der Waals surface area contributed by atoms with Crippen LogP contribution in [0.5, 0.6) is 0 Å². The number of aromatic nitrogens is 2. The third-order valence-corrected chi connectivity index (χ3v) is 3.98. The van der Waals surface area contributed by atoms with E-state index in [1.165, 1.54) is 12.8 Å². The summed E-state index contributed by atoms with van der Waals surface area (Å²) in [4.78, 5) is 17.5. The zero-order chi connectivity index (χ0) is 13.7. The molecule has 1 aliphatic heterocycles. The van der Waals surface area contributed by atoms with Gasteiger partial charge in [0.25, 0.3) is 0 Å². The van der Waals surface area contributed by atoms with Gasteiger partial charge in [-0.15, -0.1) is 0 Å². The summed E-state index contributed by atoms with van der Waals surface area (Å²) in [7, 11) is 2.01. The predicted molar refractivity (Wildman–Crippen MR) is 73.0 cm³/mol. The number of piperidine rings is 1. The Morgan fingerprint density at radius 2 is 2.37 bits per heavy atom. The van der Waals surface area contributed by atoms with Gasteiger partial charge in [0.05, 0.1) is 0 Å². The number of carboxylic acid groups (broad SMARTS) is 1. The van der Waals surface area contributed by atoms with Gasteiger partial charge in [-0.1, -0.05) is 6.42 Å². The van der Waals surface area contributed by atoms with E-state index in [4.69, 9.17) is 5.11 Å². The molecule has 5 heteroatoms. The topological polar surface area (TPSA) is 58.4 Å². The van der Waals surface area contributed by atoms with E-state index < -0.39 is 5.97 Å². The van der Waals surface area contributed by atoms with Gasteiger partial charge in [0.2, 0.25) is 0 Å². The van der Waals surface area contributed by atoms with E-state index in [0.29, 0.717) is 6.04 Å². The number of aryl methyl sites for hydroxylation is 1. The number of hydrogen-bond acceptors (Lipinski definition) is 3. The van der Waals surface area contributed by atoms with Crippen LogP contribution in [0.15, 0.2) is 12.4 Å². The zero-order valence-corrected chi connectivity index (χ0v) is 11.6. The summed E-state index contributed by atoms with van der Waals surface area (Å²) in [5.41, 5.74) is 0. The molecule has 106 valence electrons. The first-order valence-corrected chi connectivity index (χ1v) is 7.09. The Kier molecular flexibility index (Phi) is 4.96. The highest BCUT2D eigenvalue weighted by Crippen LogP contribution is 2.21. The third kappa shape index (κ3) is 4.06. The van der Waals surface area contributed by atoms with Gasteiger partial charge in [-0.05, 0) is 25.8 Å². The monoisotopic (exact) mass is 265 g/mol. The van der Waals surface area contributed by atoms with Crippen molar-refractivity contribution in [3.05, 3.63) is 18.2 Å². The molecule has 0 saturated carbocycles. The van der Waals surface area contributed by atoms with E-state index in [0.717, 1.165) is 38.2 Å². The van der Waals surface area contributed by atoms with E-state index >= 15 is 0 Å². The Morgan fingerprint density at radius 1 is 1.53 bits per heavy atom. The van der Waals surface area contributed by atoms with Crippen molar-refractivity contribution in [2.75, 3.05) is 13.1 Å². The number of carbonyl (C=O) groups is 1. The summed E-state index contributed by atoms with van der Waals surface area (Å²) in [5.74, 6) is 0.414. The fourth-order valence-electron chi connectivity index (χ4n) is 2.85. The highest BCUT2D eigenvalue weighted by molar-refractivity contribution is 5.66. The van der Waals surface area contributed by atoms with Crippen molar-refractivity contribution >= 4 is 5.97 Å². The maximum absolute atomic E-state index is 10.7. The molecule has 0 aliphatic carbocycles. The lowest BCUT2D eigenvalue weighted by Gasteiger charge is -2.35. The Hall–Kier alpha value is -1.36. The SMILES string of the molecule is Cn1ccnc1CCN1CCCCC1CCC(=O)O. The highest BCUT2D eigenvalue weighted by atomic mass is 16.4. The highest BCUT2D eigenvalue weighted by Gasteiger charge is 2.22. The molecule has 5 nitrogen and oxygen atoms in total. The van der Waals surface area contributed by atoms with E-state index in [-0.39, 0.29) is 6.42 Å².